The van der Waals surface area contributed by atoms with Gasteiger partial charge in [0.1, 0.15) is 12.3 Å². The van der Waals surface area contributed by atoms with Crippen molar-refractivity contribution in [2.75, 3.05) is 7.11 Å². The molecule has 7 heteroatoms. The standard InChI is InChI=1S/C24H20ClNO5/c1-30-22-14-16(10-11-21(22)31-15-17-6-5-9-19(25)12-17)13-20(24(28)29)26-23(27)18-7-3-2-4-8-18/h2-14H,15H2,1H3,(H,26,27)(H,28,29)/b20-13+. The van der Waals surface area contributed by atoms with E-state index >= 15 is 0 Å². The number of benzene rings is 3. The summed E-state index contributed by atoms with van der Waals surface area (Å²) in [5.74, 6) is -0.855. The molecule has 3 aromatic rings. The minimum atomic E-state index is -1.26. The molecule has 0 aliphatic carbocycles. The van der Waals surface area contributed by atoms with Gasteiger partial charge in [0.2, 0.25) is 0 Å². The van der Waals surface area contributed by atoms with Gasteiger partial charge < -0.3 is 19.9 Å². The highest BCUT2D eigenvalue weighted by Gasteiger charge is 2.14. The molecule has 31 heavy (non-hydrogen) atoms. The SMILES string of the molecule is COc1cc(/C=C(/NC(=O)c2ccccc2)C(=O)O)ccc1OCc1cccc(Cl)c1. The normalized spacial score (nSPS) is 11.0. The lowest BCUT2D eigenvalue weighted by Crippen LogP contribution is -2.27. The van der Waals surface area contributed by atoms with Crippen LogP contribution in [0.2, 0.25) is 5.02 Å². The third kappa shape index (κ3) is 6.10. The van der Waals surface area contributed by atoms with Gasteiger partial charge in [0, 0.05) is 10.6 Å². The molecule has 0 radical (unpaired) electrons. The first kappa shape index (κ1) is 21.9. The van der Waals surface area contributed by atoms with Crippen LogP contribution < -0.4 is 14.8 Å². The van der Waals surface area contributed by atoms with Gasteiger partial charge in [-0.2, -0.15) is 0 Å². The molecule has 3 aromatic carbocycles. The molecule has 0 atom stereocenters. The van der Waals surface area contributed by atoms with Crippen LogP contribution in [0.25, 0.3) is 6.08 Å². The van der Waals surface area contributed by atoms with E-state index in [1.54, 1.807) is 60.7 Å². The summed E-state index contributed by atoms with van der Waals surface area (Å²) in [4.78, 5) is 23.9. The maximum absolute atomic E-state index is 12.3. The van der Waals surface area contributed by atoms with Crippen molar-refractivity contribution in [2.24, 2.45) is 0 Å². The molecule has 0 spiro atoms. The van der Waals surface area contributed by atoms with Gasteiger partial charge in [-0.05, 0) is 53.6 Å². The van der Waals surface area contributed by atoms with Crippen molar-refractivity contribution < 1.29 is 24.2 Å². The zero-order valence-electron chi connectivity index (χ0n) is 16.7. The quantitative estimate of drug-likeness (QED) is 0.495. The summed E-state index contributed by atoms with van der Waals surface area (Å²) in [6.45, 7) is 0.291. The average molecular weight is 438 g/mol. The number of nitrogens with one attached hydrogen (secondary N) is 1. The number of hydrogen-bond donors (Lipinski definition) is 2. The Kier molecular flexibility index (Phi) is 7.30. The number of amides is 1. The van der Waals surface area contributed by atoms with Crippen molar-refractivity contribution in [1.29, 1.82) is 0 Å². The maximum Gasteiger partial charge on any atom is 0.352 e. The van der Waals surface area contributed by atoms with E-state index in [9.17, 15) is 14.7 Å². The fraction of sp³-hybridized carbons (Fsp3) is 0.0833. The molecule has 2 N–H and O–H groups in total. The molecule has 3 rings (SSSR count). The number of methoxy groups -OCH3 is 1. The number of hydrogen-bond acceptors (Lipinski definition) is 4. The van der Waals surface area contributed by atoms with E-state index in [1.165, 1.54) is 13.2 Å². The van der Waals surface area contributed by atoms with E-state index in [0.717, 1.165) is 5.56 Å². The van der Waals surface area contributed by atoms with Crippen LogP contribution in [0.5, 0.6) is 11.5 Å². The minimum Gasteiger partial charge on any atom is -0.493 e. The van der Waals surface area contributed by atoms with Gasteiger partial charge in [-0.25, -0.2) is 4.79 Å². The van der Waals surface area contributed by atoms with E-state index in [0.29, 0.717) is 34.3 Å². The summed E-state index contributed by atoms with van der Waals surface area (Å²) < 4.78 is 11.2. The Balaban J connectivity index is 1.78. The zero-order chi connectivity index (χ0) is 22.2. The van der Waals surface area contributed by atoms with Crippen LogP contribution in [0.4, 0.5) is 0 Å². The summed E-state index contributed by atoms with van der Waals surface area (Å²) in [5, 5.41) is 12.5. The van der Waals surface area contributed by atoms with Gasteiger partial charge in [0.15, 0.2) is 11.5 Å². The second kappa shape index (κ2) is 10.3. The second-order valence-corrected chi connectivity index (χ2v) is 6.95. The fourth-order valence-corrected chi connectivity index (χ4v) is 3.00. The number of rotatable bonds is 8. The van der Waals surface area contributed by atoms with Crippen molar-refractivity contribution >= 4 is 29.6 Å². The molecule has 0 aliphatic rings. The lowest BCUT2D eigenvalue weighted by molar-refractivity contribution is -0.132. The van der Waals surface area contributed by atoms with E-state index < -0.39 is 11.9 Å². The van der Waals surface area contributed by atoms with E-state index in [4.69, 9.17) is 21.1 Å². The molecule has 0 aliphatic heterocycles. The molecular weight excluding hydrogens is 418 g/mol. The predicted molar refractivity (Wildman–Crippen MR) is 118 cm³/mol. The molecule has 0 fully saturated rings. The third-order valence-corrected chi connectivity index (χ3v) is 4.53. The molecule has 0 bridgehead atoms. The van der Waals surface area contributed by atoms with E-state index in [-0.39, 0.29) is 5.70 Å². The van der Waals surface area contributed by atoms with Gasteiger partial charge in [-0.3, -0.25) is 4.79 Å². The summed E-state index contributed by atoms with van der Waals surface area (Å²) in [5.41, 5.74) is 1.52. The fourth-order valence-electron chi connectivity index (χ4n) is 2.78. The molecule has 0 unspecified atom stereocenters. The van der Waals surface area contributed by atoms with Crippen molar-refractivity contribution in [3.63, 3.8) is 0 Å². The minimum absolute atomic E-state index is 0.261. The average Bonchev–Trinajstić information content (AvgIpc) is 2.78. The Bertz CT molecular complexity index is 1110. The highest BCUT2D eigenvalue weighted by molar-refractivity contribution is 6.30. The van der Waals surface area contributed by atoms with Crippen LogP contribution in [-0.4, -0.2) is 24.1 Å². The third-order valence-electron chi connectivity index (χ3n) is 4.30. The molecule has 0 aromatic heterocycles. The second-order valence-electron chi connectivity index (χ2n) is 6.51. The number of aliphatic carboxylic acids is 1. The number of ether oxygens (including phenoxy) is 2. The van der Waals surface area contributed by atoms with Crippen molar-refractivity contribution in [2.45, 2.75) is 6.61 Å². The topological polar surface area (TPSA) is 84.9 Å². The van der Waals surface area contributed by atoms with Gasteiger partial charge in [0.25, 0.3) is 5.91 Å². The van der Waals surface area contributed by atoms with E-state index in [1.807, 2.05) is 12.1 Å². The molecule has 1 amide bonds. The van der Waals surface area contributed by atoms with Crippen LogP contribution in [0.3, 0.4) is 0 Å². The maximum atomic E-state index is 12.3. The predicted octanol–water partition coefficient (Wildman–Crippen LogP) is 4.78. The highest BCUT2D eigenvalue weighted by atomic mass is 35.5. The Morgan fingerprint density at radius 3 is 2.45 bits per heavy atom. The summed E-state index contributed by atoms with van der Waals surface area (Å²) in [6.07, 6.45) is 1.35. The Morgan fingerprint density at radius 1 is 1.00 bits per heavy atom. The van der Waals surface area contributed by atoms with Crippen LogP contribution in [-0.2, 0) is 11.4 Å². The Hall–Kier alpha value is -3.77. The van der Waals surface area contributed by atoms with Crippen LogP contribution in [0, 0.1) is 0 Å². The number of carbonyl (C=O) groups is 2. The zero-order valence-corrected chi connectivity index (χ0v) is 17.4. The lowest BCUT2D eigenvalue weighted by Gasteiger charge is -2.12. The molecular formula is C24H20ClNO5. The highest BCUT2D eigenvalue weighted by Crippen LogP contribution is 2.30. The Morgan fingerprint density at radius 2 is 1.77 bits per heavy atom. The van der Waals surface area contributed by atoms with Gasteiger partial charge in [0.05, 0.1) is 7.11 Å². The first-order valence-corrected chi connectivity index (χ1v) is 9.70. The molecule has 0 saturated heterocycles. The molecule has 0 saturated carbocycles. The van der Waals surface area contributed by atoms with Gasteiger partial charge in [-0.15, -0.1) is 0 Å². The molecule has 6 nitrogen and oxygen atoms in total. The lowest BCUT2D eigenvalue weighted by atomic mass is 10.1. The smallest absolute Gasteiger partial charge is 0.352 e. The summed E-state index contributed by atoms with van der Waals surface area (Å²) in [7, 11) is 1.49. The number of carboxylic acid groups (broad SMARTS) is 1. The molecule has 0 heterocycles. The summed E-state index contributed by atoms with van der Waals surface area (Å²) in [6, 6.07) is 20.7. The summed E-state index contributed by atoms with van der Waals surface area (Å²) >= 11 is 5.99. The van der Waals surface area contributed by atoms with Crippen LogP contribution in [0.1, 0.15) is 21.5 Å². The number of halogens is 1. The van der Waals surface area contributed by atoms with Crippen molar-refractivity contribution in [1.82, 2.24) is 5.32 Å². The largest absolute Gasteiger partial charge is 0.493 e. The molecule has 158 valence electrons. The van der Waals surface area contributed by atoms with Gasteiger partial charge >= 0.3 is 5.97 Å². The first-order valence-electron chi connectivity index (χ1n) is 9.33. The first-order chi connectivity index (χ1) is 15.0. The van der Waals surface area contributed by atoms with E-state index in [2.05, 4.69) is 5.32 Å². The van der Waals surface area contributed by atoms with Crippen molar-refractivity contribution in [3.05, 3.63) is 100 Å². The number of carboxylic acids is 1. The Labute approximate surface area is 184 Å². The number of carbonyl (C=O) groups excluding carboxylic acids is 1. The monoisotopic (exact) mass is 437 g/mol. The van der Waals surface area contributed by atoms with Crippen molar-refractivity contribution in [3.8, 4) is 11.5 Å². The van der Waals surface area contributed by atoms with Crippen LogP contribution in [0.15, 0.2) is 78.5 Å². The van der Waals surface area contributed by atoms with Crippen LogP contribution >= 0.6 is 11.6 Å². The van der Waals surface area contributed by atoms with Gasteiger partial charge in [-0.1, -0.05) is 48.0 Å².